The van der Waals surface area contributed by atoms with Gasteiger partial charge in [-0.05, 0) is 48.5 Å². The molecule has 0 aliphatic heterocycles. The average molecular weight is 567 g/mol. The van der Waals surface area contributed by atoms with Gasteiger partial charge in [0.25, 0.3) is 0 Å². The molecular weight excluding hydrogens is 544 g/mol. The highest BCUT2D eigenvalue weighted by Gasteiger charge is 2.49. The summed E-state index contributed by atoms with van der Waals surface area (Å²) in [6, 6.07) is 39.0. The molecule has 0 N–H and O–H groups in total. The van der Waals surface area contributed by atoms with Crippen LogP contribution >= 0.6 is 7.26 Å². The average Bonchev–Trinajstić information content (AvgIpc) is 2.89. The highest BCUT2D eigenvalue weighted by molar-refractivity contribution is 8.09. The number of hydrogen-bond donors (Lipinski definition) is 0. The first-order valence-electron chi connectivity index (χ1n) is 10.7. The lowest BCUT2D eigenvalue weighted by Gasteiger charge is -2.27. The van der Waals surface area contributed by atoms with Crippen LogP contribution in [0.5, 0.6) is 0 Å². The Labute approximate surface area is 214 Å². The molecule has 37 heavy (non-hydrogen) atoms. The van der Waals surface area contributed by atoms with Crippen molar-refractivity contribution < 1.29 is 34.6 Å². The van der Waals surface area contributed by atoms with Gasteiger partial charge in [-0.3, -0.25) is 0 Å². The predicted molar refractivity (Wildman–Crippen MR) is 139 cm³/mol. The fraction of sp³-hybridized carbons (Fsp3) is 0.0769. The Morgan fingerprint density at radius 2 is 0.838 bits per heavy atom. The number of rotatable bonds is 6. The highest BCUT2D eigenvalue weighted by Crippen LogP contribution is 2.56. The lowest BCUT2D eigenvalue weighted by molar-refractivity contribution is -0.0517. The molecule has 0 fully saturated rings. The van der Waals surface area contributed by atoms with Crippen molar-refractivity contribution in [2.45, 2.75) is 10.4 Å². The van der Waals surface area contributed by atoms with Crippen molar-refractivity contribution in [2.75, 3.05) is 5.49 Å². The van der Waals surface area contributed by atoms with E-state index in [0.29, 0.717) is 4.90 Å². The van der Waals surface area contributed by atoms with E-state index in [1.54, 1.807) is 24.3 Å². The molecule has 0 saturated carbocycles. The number of halogens is 3. The third-order valence-electron chi connectivity index (χ3n) is 5.34. The minimum atomic E-state index is -6.09. The van der Waals surface area contributed by atoms with Crippen molar-refractivity contribution in [3.63, 3.8) is 0 Å². The first-order valence-corrected chi connectivity index (χ1v) is 15.8. The maximum atomic E-state index is 13.6. The van der Waals surface area contributed by atoms with Gasteiger partial charge in [0.15, 0.2) is 15.6 Å². The normalized spacial score (nSPS) is 12.3. The molecule has 0 radical (unpaired) electrons. The minimum absolute atomic E-state index is 0.0576. The highest BCUT2D eigenvalue weighted by atomic mass is 32.2. The Bertz CT molecular complexity index is 1400. The van der Waals surface area contributed by atoms with Crippen LogP contribution in [0.2, 0.25) is 0 Å². The Hall–Kier alpha value is -3.04. The number of benzene rings is 4. The molecule has 4 aromatic rings. The summed E-state index contributed by atoms with van der Waals surface area (Å²) in [6.07, 6.45) is 0. The van der Waals surface area contributed by atoms with E-state index in [2.05, 4.69) is 36.4 Å². The van der Waals surface area contributed by atoms with Gasteiger partial charge in [-0.1, -0.05) is 72.8 Å². The SMILES string of the molecule is O=S(=O)(C[P+](c1ccccc1)(c1ccccc1)c1ccccc1)c1ccccc1.O=S(=O)([O-])C(F)(F)F. The summed E-state index contributed by atoms with van der Waals surface area (Å²) < 4.78 is 86.1. The molecule has 0 spiro atoms. The molecule has 4 aromatic carbocycles. The van der Waals surface area contributed by atoms with Gasteiger partial charge in [0.05, 0.1) is 4.90 Å². The summed E-state index contributed by atoms with van der Waals surface area (Å²) in [6.45, 7) is 0. The molecular formula is C26H22F3O5PS2. The van der Waals surface area contributed by atoms with Crippen LogP contribution in [0, 0.1) is 0 Å². The van der Waals surface area contributed by atoms with Crippen LogP contribution in [0.3, 0.4) is 0 Å². The van der Waals surface area contributed by atoms with Crippen LogP contribution in [-0.2, 0) is 20.0 Å². The Morgan fingerprint density at radius 1 is 0.568 bits per heavy atom. The summed E-state index contributed by atoms with van der Waals surface area (Å²) in [5, 5.41) is 3.20. The van der Waals surface area contributed by atoms with Gasteiger partial charge < -0.3 is 4.55 Å². The molecule has 0 aliphatic carbocycles. The quantitative estimate of drug-likeness (QED) is 0.195. The fourth-order valence-corrected chi connectivity index (χ4v) is 11.6. The van der Waals surface area contributed by atoms with E-state index in [-0.39, 0.29) is 5.49 Å². The van der Waals surface area contributed by atoms with E-state index in [9.17, 15) is 21.6 Å². The van der Waals surface area contributed by atoms with E-state index >= 15 is 0 Å². The molecule has 11 heteroatoms. The topological polar surface area (TPSA) is 91.3 Å². The van der Waals surface area contributed by atoms with Gasteiger partial charge >= 0.3 is 5.51 Å². The van der Waals surface area contributed by atoms with Crippen LogP contribution in [0.1, 0.15) is 0 Å². The van der Waals surface area contributed by atoms with E-state index in [4.69, 9.17) is 13.0 Å². The van der Waals surface area contributed by atoms with Gasteiger partial charge in [0, 0.05) is 0 Å². The van der Waals surface area contributed by atoms with Crippen molar-refractivity contribution in [1.82, 2.24) is 0 Å². The van der Waals surface area contributed by atoms with Crippen molar-refractivity contribution in [3.8, 4) is 0 Å². The van der Waals surface area contributed by atoms with E-state index < -0.39 is 32.7 Å². The van der Waals surface area contributed by atoms with Crippen LogP contribution in [-0.4, -0.2) is 32.4 Å². The third kappa shape index (κ3) is 6.84. The first-order chi connectivity index (χ1) is 17.4. The van der Waals surface area contributed by atoms with Crippen LogP contribution in [0.15, 0.2) is 126 Å². The molecule has 0 aromatic heterocycles. The lowest BCUT2D eigenvalue weighted by Crippen LogP contribution is -2.35. The first kappa shape index (κ1) is 28.5. The van der Waals surface area contributed by atoms with Crippen LogP contribution in [0.4, 0.5) is 13.2 Å². The van der Waals surface area contributed by atoms with Gasteiger partial charge in [-0.15, -0.1) is 0 Å². The van der Waals surface area contributed by atoms with Crippen molar-refractivity contribution in [2.24, 2.45) is 0 Å². The van der Waals surface area contributed by atoms with E-state index in [1.807, 2.05) is 60.7 Å². The van der Waals surface area contributed by atoms with Crippen molar-refractivity contribution >= 4 is 43.1 Å². The summed E-state index contributed by atoms with van der Waals surface area (Å²) >= 11 is 0. The molecule has 4 rings (SSSR count). The lowest BCUT2D eigenvalue weighted by atomic mass is 10.4. The molecule has 0 bridgehead atoms. The second-order valence-electron chi connectivity index (χ2n) is 7.77. The number of alkyl halides is 3. The molecule has 194 valence electrons. The van der Waals surface area contributed by atoms with Gasteiger partial charge in [-0.25, -0.2) is 16.8 Å². The van der Waals surface area contributed by atoms with E-state index in [0.717, 1.165) is 15.9 Å². The van der Waals surface area contributed by atoms with Crippen molar-refractivity contribution in [1.29, 1.82) is 0 Å². The molecule has 0 aliphatic rings. The molecule has 0 atom stereocenters. The third-order valence-corrected chi connectivity index (χ3v) is 13.3. The molecule has 0 saturated heterocycles. The van der Waals surface area contributed by atoms with Gasteiger partial charge in [0.2, 0.25) is 9.84 Å². The van der Waals surface area contributed by atoms with Crippen LogP contribution < -0.4 is 15.9 Å². The monoisotopic (exact) mass is 566 g/mol. The minimum Gasteiger partial charge on any atom is -0.741 e. The molecule has 0 amide bonds. The maximum Gasteiger partial charge on any atom is 0.485 e. The molecule has 0 unspecified atom stereocenters. The number of sulfone groups is 1. The van der Waals surface area contributed by atoms with Crippen LogP contribution in [0.25, 0.3) is 0 Å². The van der Waals surface area contributed by atoms with Gasteiger partial charge in [-0.2, -0.15) is 13.2 Å². The zero-order valence-electron chi connectivity index (χ0n) is 19.2. The summed E-state index contributed by atoms with van der Waals surface area (Å²) in [5.74, 6) is 0. The number of hydrogen-bond acceptors (Lipinski definition) is 5. The zero-order chi connectivity index (χ0) is 27.2. The Morgan fingerprint density at radius 3 is 1.11 bits per heavy atom. The second kappa shape index (κ2) is 11.6. The standard InChI is InChI=1S/C25H22O2PS.CHF3O3S/c26-29(27,25-19-11-4-12-20-25)21-28(22-13-5-1-6-14-22,23-15-7-2-8-16-23)24-17-9-3-10-18-24;2-1(3,4)8(5,6)7/h1-20H,21H2;(H,5,6,7)/q+1;/p-1. The van der Waals surface area contributed by atoms with E-state index in [1.165, 1.54) is 0 Å². The Kier molecular flexibility index (Phi) is 8.92. The summed E-state index contributed by atoms with van der Waals surface area (Å²) in [7, 11) is -12.0. The predicted octanol–water partition coefficient (Wildman–Crippen LogP) is 4.46. The maximum absolute atomic E-state index is 13.6. The molecule has 0 heterocycles. The van der Waals surface area contributed by atoms with Gasteiger partial charge in [0.1, 0.15) is 23.2 Å². The largest absolute Gasteiger partial charge is 0.741 e. The van der Waals surface area contributed by atoms with Crippen molar-refractivity contribution in [3.05, 3.63) is 121 Å². The molecule has 5 nitrogen and oxygen atoms in total. The summed E-state index contributed by atoms with van der Waals surface area (Å²) in [5.41, 5.74) is -5.59. The fourth-order valence-electron chi connectivity index (χ4n) is 3.68. The smallest absolute Gasteiger partial charge is 0.485 e. The zero-order valence-corrected chi connectivity index (χ0v) is 21.7. The second-order valence-corrected chi connectivity index (χ2v) is 15.0. The summed E-state index contributed by atoms with van der Waals surface area (Å²) in [4.78, 5) is 0.368. The Balaban J connectivity index is 0.000000414.